The molecular weight excluding hydrogens is 564 g/mol. The highest BCUT2D eigenvalue weighted by Gasteiger charge is 2.28. The first-order valence-electron chi connectivity index (χ1n) is 15.1. The van der Waals surface area contributed by atoms with E-state index in [1.54, 1.807) is 18.2 Å². The van der Waals surface area contributed by atoms with Crippen molar-refractivity contribution in [3.8, 4) is 12.1 Å². The first-order chi connectivity index (χ1) is 21.9. The van der Waals surface area contributed by atoms with Gasteiger partial charge in [-0.3, -0.25) is 19.5 Å². The molecule has 0 aliphatic carbocycles. The van der Waals surface area contributed by atoms with Gasteiger partial charge < -0.3 is 20.1 Å². The Morgan fingerprint density at radius 1 is 0.800 bits per heavy atom. The molecule has 4 heterocycles. The van der Waals surface area contributed by atoms with Crippen LogP contribution in [0.3, 0.4) is 0 Å². The lowest BCUT2D eigenvalue weighted by Crippen LogP contribution is -2.49. The van der Waals surface area contributed by atoms with Crippen LogP contribution < -0.4 is 10.6 Å². The molecule has 228 valence electrons. The monoisotopic (exact) mass is 600 g/mol. The van der Waals surface area contributed by atoms with Gasteiger partial charge in [0.05, 0.1) is 23.3 Å². The Bertz CT molecular complexity index is 1650. The lowest BCUT2D eigenvalue weighted by Gasteiger charge is -2.37. The van der Waals surface area contributed by atoms with Gasteiger partial charge >= 0.3 is 0 Å². The predicted octanol–water partition coefficient (Wildman–Crippen LogP) is 4.21. The minimum atomic E-state index is -0.490. The number of nitriles is 2. The number of piperidine rings is 1. The normalized spacial score (nSPS) is 15.3. The molecule has 0 bridgehead atoms. The van der Waals surface area contributed by atoms with E-state index in [0.717, 1.165) is 56.9 Å². The number of rotatable bonds is 6. The summed E-state index contributed by atoms with van der Waals surface area (Å²) in [6.07, 6.45) is 5.61. The van der Waals surface area contributed by atoms with Crippen LogP contribution >= 0.6 is 0 Å². The number of nitrogens with zero attached hydrogens (tertiary/aromatic N) is 7. The molecule has 0 unspecified atom stereocenters. The summed E-state index contributed by atoms with van der Waals surface area (Å²) >= 11 is 0. The van der Waals surface area contributed by atoms with E-state index in [1.165, 1.54) is 11.8 Å². The largest absolute Gasteiger partial charge is 0.368 e. The number of nitrogens with two attached hydrogens (primary N) is 1. The predicted molar refractivity (Wildman–Crippen MR) is 171 cm³/mol. The Hall–Kier alpha value is -5.45. The molecule has 2 aromatic carbocycles. The van der Waals surface area contributed by atoms with Gasteiger partial charge in [0.15, 0.2) is 0 Å². The molecule has 4 aromatic rings. The number of likely N-dealkylation sites (tertiary alicyclic amines) is 1. The van der Waals surface area contributed by atoms with Gasteiger partial charge in [0.1, 0.15) is 11.4 Å². The van der Waals surface area contributed by atoms with Crippen LogP contribution in [0.15, 0.2) is 91.3 Å². The minimum absolute atomic E-state index is 0.111. The number of primary amides is 1. The second kappa shape index (κ2) is 14.8. The number of carbonyl (C=O) groups excluding carboxylic acids is 2. The van der Waals surface area contributed by atoms with Gasteiger partial charge in [0, 0.05) is 69.9 Å². The highest BCUT2D eigenvalue weighted by molar-refractivity contribution is 5.93. The van der Waals surface area contributed by atoms with Gasteiger partial charge in [0.2, 0.25) is 0 Å². The fourth-order valence-corrected chi connectivity index (χ4v) is 5.78. The van der Waals surface area contributed by atoms with E-state index in [0.29, 0.717) is 36.0 Å². The van der Waals surface area contributed by atoms with E-state index >= 15 is 0 Å². The Kier molecular flexibility index (Phi) is 10.2. The van der Waals surface area contributed by atoms with E-state index in [1.807, 2.05) is 65.6 Å². The van der Waals surface area contributed by atoms with Crippen LogP contribution in [0.4, 0.5) is 5.69 Å². The summed E-state index contributed by atoms with van der Waals surface area (Å²) in [5.41, 5.74) is 9.67. The zero-order valence-corrected chi connectivity index (χ0v) is 25.1. The number of hydrogen-bond donors (Lipinski definition) is 1. The first-order valence-corrected chi connectivity index (χ1v) is 15.1. The maximum Gasteiger partial charge on any atom is 0.270 e. The first kappa shape index (κ1) is 31.0. The number of piperazine rings is 1. The third kappa shape index (κ3) is 7.94. The van der Waals surface area contributed by atoms with Gasteiger partial charge in [0.25, 0.3) is 11.8 Å². The SMILES string of the molecule is N#Cc1ccc(CN2CCC(n3cccc3C(=O)N3CCN(c4ccc(C#N)cc4)CC3)CC2)cc1.NC(=O)c1ccccn1. The van der Waals surface area contributed by atoms with Crippen molar-refractivity contribution in [2.24, 2.45) is 5.73 Å². The van der Waals surface area contributed by atoms with E-state index in [9.17, 15) is 9.59 Å². The Labute approximate surface area is 263 Å². The highest BCUT2D eigenvalue weighted by Crippen LogP contribution is 2.27. The number of hydrogen-bond acceptors (Lipinski definition) is 7. The van der Waals surface area contributed by atoms with Crippen molar-refractivity contribution in [1.29, 1.82) is 10.5 Å². The van der Waals surface area contributed by atoms with Crippen molar-refractivity contribution >= 4 is 17.5 Å². The molecule has 2 fully saturated rings. The van der Waals surface area contributed by atoms with Crippen LogP contribution in [0.5, 0.6) is 0 Å². The lowest BCUT2D eigenvalue weighted by molar-refractivity contribution is 0.0728. The molecule has 0 spiro atoms. The topological polar surface area (TPSA) is 135 Å². The molecule has 6 rings (SSSR count). The third-order valence-electron chi connectivity index (χ3n) is 8.28. The molecule has 0 radical (unpaired) electrons. The third-order valence-corrected chi connectivity index (χ3v) is 8.28. The standard InChI is InChI=1S/C29H30N6O.C6H6N2O/c30-20-23-3-5-25(6-4-23)22-32-14-11-27(12-15-32)35-13-1-2-28(35)29(36)34-18-16-33(17-19-34)26-9-7-24(21-31)8-10-26;7-6(9)5-3-1-2-4-8-5/h1-10,13,27H,11-12,14-19,22H2;1-4H,(H2,7,9). The lowest BCUT2D eigenvalue weighted by atomic mass is 10.0. The van der Waals surface area contributed by atoms with Crippen molar-refractivity contribution in [2.75, 3.05) is 44.2 Å². The molecule has 2 amide bonds. The van der Waals surface area contributed by atoms with Gasteiger partial charge in [-0.25, -0.2) is 0 Å². The van der Waals surface area contributed by atoms with Crippen molar-refractivity contribution in [2.45, 2.75) is 25.4 Å². The van der Waals surface area contributed by atoms with Crippen LogP contribution in [0.1, 0.15) is 56.6 Å². The smallest absolute Gasteiger partial charge is 0.270 e. The van der Waals surface area contributed by atoms with Crippen molar-refractivity contribution in [3.05, 3.63) is 119 Å². The van der Waals surface area contributed by atoms with Crippen LogP contribution in [0, 0.1) is 22.7 Å². The summed E-state index contributed by atoms with van der Waals surface area (Å²) in [7, 11) is 0. The summed E-state index contributed by atoms with van der Waals surface area (Å²) in [6.45, 7) is 5.80. The van der Waals surface area contributed by atoms with Gasteiger partial charge in [-0.05, 0) is 79.1 Å². The molecule has 0 saturated carbocycles. The average Bonchev–Trinajstić information content (AvgIpc) is 3.60. The number of pyridine rings is 1. The molecule has 0 atom stereocenters. The zero-order valence-electron chi connectivity index (χ0n) is 25.1. The zero-order chi connectivity index (χ0) is 31.6. The van der Waals surface area contributed by atoms with Gasteiger partial charge in [-0.1, -0.05) is 18.2 Å². The second-order valence-corrected chi connectivity index (χ2v) is 11.1. The fourth-order valence-electron chi connectivity index (χ4n) is 5.78. The van der Waals surface area contributed by atoms with Crippen LogP contribution in [-0.2, 0) is 6.54 Å². The van der Waals surface area contributed by atoms with E-state index in [4.69, 9.17) is 16.3 Å². The van der Waals surface area contributed by atoms with Crippen molar-refractivity contribution in [1.82, 2.24) is 19.4 Å². The molecule has 2 aliphatic rings. The Morgan fingerprint density at radius 3 is 2.00 bits per heavy atom. The molecule has 2 aromatic heterocycles. The molecule has 10 nitrogen and oxygen atoms in total. The summed E-state index contributed by atoms with van der Waals surface area (Å²) in [5, 5.41) is 18.0. The van der Waals surface area contributed by atoms with Gasteiger partial charge in [-0.15, -0.1) is 0 Å². The summed E-state index contributed by atoms with van der Waals surface area (Å²) in [5.74, 6) is -0.380. The molecule has 2 N–H and O–H groups in total. The summed E-state index contributed by atoms with van der Waals surface area (Å²) < 4.78 is 2.19. The van der Waals surface area contributed by atoms with Gasteiger partial charge in [-0.2, -0.15) is 10.5 Å². The molecule has 2 saturated heterocycles. The summed E-state index contributed by atoms with van der Waals surface area (Å²) in [4.78, 5) is 34.2. The minimum Gasteiger partial charge on any atom is -0.368 e. The average molecular weight is 601 g/mol. The number of aromatic nitrogens is 2. The van der Waals surface area contributed by atoms with Crippen LogP contribution in [0.2, 0.25) is 0 Å². The van der Waals surface area contributed by atoms with Crippen molar-refractivity contribution < 1.29 is 9.59 Å². The van der Waals surface area contributed by atoms with E-state index in [2.05, 4.69) is 37.7 Å². The number of carbonyl (C=O) groups is 2. The molecular formula is C35H36N8O2. The number of amides is 2. The maximum atomic E-state index is 13.4. The fraction of sp³-hybridized carbons (Fsp3) is 0.286. The Morgan fingerprint density at radius 2 is 1.44 bits per heavy atom. The number of benzene rings is 2. The molecule has 2 aliphatic heterocycles. The second-order valence-electron chi connectivity index (χ2n) is 11.1. The maximum absolute atomic E-state index is 13.4. The number of anilines is 1. The quantitative estimate of drug-likeness (QED) is 0.350. The Balaban J connectivity index is 0.000000383. The van der Waals surface area contributed by atoms with Crippen LogP contribution in [-0.4, -0.2) is 70.4 Å². The van der Waals surface area contributed by atoms with Crippen LogP contribution in [0.25, 0.3) is 0 Å². The highest BCUT2D eigenvalue weighted by atomic mass is 16.2. The molecule has 10 heteroatoms. The summed E-state index contributed by atoms with van der Waals surface area (Å²) in [6, 6.07) is 29.1. The van der Waals surface area contributed by atoms with Crippen molar-refractivity contribution in [3.63, 3.8) is 0 Å². The van der Waals surface area contributed by atoms with E-state index < -0.39 is 5.91 Å². The molecule has 45 heavy (non-hydrogen) atoms. The van der Waals surface area contributed by atoms with E-state index in [-0.39, 0.29) is 5.91 Å².